The summed E-state index contributed by atoms with van der Waals surface area (Å²) in [7, 11) is 1.92. The molecule has 2 fully saturated rings. The fraction of sp³-hybridized carbons (Fsp3) is 0.529. The van der Waals surface area contributed by atoms with Crippen LogP contribution in [0.4, 0.5) is 0 Å². The van der Waals surface area contributed by atoms with Crippen molar-refractivity contribution in [1.29, 1.82) is 0 Å². The van der Waals surface area contributed by atoms with Gasteiger partial charge in [-0.05, 0) is 25.5 Å². The molecule has 5 nitrogen and oxygen atoms in total. The molecule has 1 aromatic rings. The molecule has 22 heavy (non-hydrogen) atoms. The summed E-state index contributed by atoms with van der Waals surface area (Å²) in [5.41, 5.74) is 0.691. The number of Topliss-reactive ketones (excluding diaryl/α,β-unsaturated/α-hetero) is 1. The fourth-order valence-corrected chi connectivity index (χ4v) is 3.54. The van der Waals surface area contributed by atoms with Gasteiger partial charge in [0.2, 0.25) is 5.91 Å². The zero-order chi connectivity index (χ0) is 15.6. The molecule has 3 rings (SSSR count). The summed E-state index contributed by atoms with van der Waals surface area (Å²) in [4.78, 5) is 26.4. The summed E-state index contributed by atoms with van der Waals surface area (Å²) in [6.45, 7) is 1.92. The molecule has 2 aliphatic heterocycles. The molecule has 0 aromatic heterocycles. The molecule has 1 spiro atoms. The van der Waals surface area contributed by atoms with Gasteiger partial charge >= 0.3 is 0 Å². The molecule has 1 aromatic carbocycles. The summed E-state index contributed by atoms with van der Waals surface area (Å²) in [5, 5.41) is 2.89. The first kappa shape index (κ1) is 15.2. The van der Waals surface area contributed by atoms with Crippen molar-refractivity contribution in [3.63, 3.8) is 0 Å². The van der Waals surface area contributed by atoms with E-state index in [-0.39, 0.29) is 29.8 Å². The van der Waals surface area contributed by atoms with Crippen molar-refractivity contribution in [1.82, 2.24) is 10.2 Å². The molecular weight excluding hydrogens is 280 g/mol. The normalized spacial score (nSPS) is 28.2. The monoisotopic (exact) mass is 302 g/mol. The summed E-state index contributed by atoms with van der Waals surface area (Å²) in [5.74, 6) is 0.162. The van der Waals surface area contributed by atoms with Gasteiger partial charge in [-0.3, -0.25) is 14.5 Å². The second kappa shape index (κ2) is 6.18. The maximum absolute atomic E-state index is 12.4. The lowest BCUT2D eigenvalue weighted by molar-refractivity contribution is -0.128. The van der Waals surface area contributed by atoms with Crippen LogP contribution in [-0.2, 0) is 20.9 Å². The first-order valence-electron chi connectivity index (χ1n) is 7.74. The van der Waals surface area contributed by atoms with E-state index in [1.807, 2.05) is 42.3 Å². The van der Waals surface area contributed by atoms with Crippen LogP contribution in [0.5, 0.6) is 0 Å². The number of hydrogen-bond donors (Lipinski definition) is 1. The minimum absolute atomic E-state index is 0.0648. The number of amides is 1. The summed E-state index contributed by atoms with van der Waals surface area (Å²) in [6.07, 6.45) is 1.44. The predicted octanol–water partition coefficient (Wildman–Crippen LogP) is 0.983. The Labute approximate surface area is 130 Å². The van der Waals surface area contributed by atoms with Gasteiger partial charge in [0.25, 0.3) is 0 Å². The molecule has 118 valence electrons. The van der Waals surface area contributed by atoms with E-state index in [0.29, 0.717) is 19.6 Å². The van der Waals surface area contributed by atoms with Gasteiger partial charge in [-0.15, -0.1) is 0 Å². The standard InChI is InChI=1S/C17H22N2O3/c1-19-12-17(7-8-18-16(17)21)9-14(19)15(20)11-22-10-13-5-3-2-4-6-13/h2-6,14H,7-12H2,1H3,(H,18,21). The minimum Gasteiger partial charge on any atom is -0.369 e. The summed E-state index contributed by atoms with van der Waals surface area (Å²) < 4.78 is 5.54. The number of carbonyl (C=O) groups is 2. The van der Waals surface area contributed by atoms with Crippen molar-refractivity contribution >= 4 is 11.7 Å². The van der Waals surface area contributed by atoms with Gasteiger partial charge in [0.15, 0.2) is 5.78 Å². The molecule has 2 heterocycles. The van der Waals surface area contributed by atoms with Crippen LogP contribution in [0.25, 0.3) is 0 Å². The van der Waals surface area contributed by atoms with Gasteiger partial charge in [0.1, 0.15) is 6.61 Å². The van der Waals surface area contributed by atoms with Crippen LogP contribution < -0.4 is 5.32 Å². The van der Waals surface area contributed by atoms with E-state index in [0.717, 1.165) is 18.5 Å². The summed E-state index contributed by atoms with van der Waals surface area (Å²) >= 11 is 0. The Morgan fingerprint density at radius 1 is 1.41 bits per heavy atom. The highest BCUT2D eigenvalue weighted by Gasteiger charge is 2.51. The van der Waals surface area contributed by atoms with Gasteiger partial charge in [0.05, 0.1) is 18.1 Å². The smallest absolute Gasteiger partial charge is 0.227 e. The number of ketones is 1. The van der Waals surface area contributed by atoms with Crippen LogP contribution in [0.1, 0.15) is 18.4 Å². The first-order valence-corrected chi connectivity index (χ1v) is 7.74. The maximum atomic E-state index is 12.4. The molecular formula is C17H22N2O3. The second-order valence-corrected chi connectivity index (χ2v) is 6.37. The van der Waals surface area contributed by atoms with Crippen LogP contribution in [0.2, 0.25) is 0 Å². The Balaban J connectivity index is 1.53. The molecule has 2 atom stereocenters. The molecule has 1 N–H and O–H groups in total. The van der Waals surface area contributed by atoms with Crippen molar-refractivity contribution < 1.29 is 14.3 Å². The number of nitrogens with zero attached hydrogens (tertiary/aromatic N) is 1. The summed E-state index contributed by atoms with van der Waals surface area (Å²) in [6, 6.07) is 9.60. The second-order valence-electron chi connectivity index (χ2n) is 6.37. The van der Waals surface area contributed by atoms with Crippen LogP contribution in [-0.4, -0.2) is 49.4 Å². The van der Waals surface area contributed by atoms with Gasteiger partial charge in [-0.1, -0.05) is 30.3 Å². The predicted molar refractivity (Wildman–Crippen MR) is 82.2 cm³/mol. The van der Waals surface area contributed by atoms with E-state index in [9.17, 15) is 9.59 Å². The third kappa shape index (κ3) is 2.91. The molecule has 1 amide bonds. The topological polar surface area (TPSA) is 58.6 Å². The Hall–Kier alpha value is -1.72. The van der Waals surface area contributed by atoms with E-state index in [1.165, 1.54) is 0 Å². The average Bonchev–Trinajstić information content (AvgIpc) is 3.04. The number of hydrogen-bond acceptors (Lipinski definition) is 4. The number of rotatable bonds is 5. The van der Waals surface area contributed by atoms with Gasteiger partial charge < -0.3 is 10.1 Å². The highest BCUT2D eigenvalue weighted by atomic mass is 16.5. The number of carbonyl (C=O) groups excluding carboxylic acids is 2. The lowest BCUT2D eigenvalue weighted by Crippen LogP contribution is -2.35. The van der Waals surface area contributed by atoms with Crippen molar-refractivity contribution in [3.8, 4) is 0 Å². The van der Waals surface area contributed by atoms with E-state index in [1.54, 1.807) is 0 Å². The Kier molecular flexibility index (Phi) is 4.27. The number of benzene rings is 1. The van der Waals surface area contributed by atoms with E-state index < -0.39 is 0 Å². The molecule has 2 saturated heterocycles. The third-order valence-electron chi connectivity index (χ3n) is 4.77. The molecule has 2 unspecified atom stereocenters. The largest absolute Gasteiger partial charge is 0.369 e. The van der Waals surface area contributed by atoms with Gasteiger partial charge in [0, 0.05) is 13.1 Å². The third-order valence-corrected chi connectivity index (χ3v) is 4.77. The highest BCUT2D eigenvalue weighted by molar-refractivity contribution is 5.90. The number of nitrogens with one attached hydrogen (secondary N) is 1. The Morgan fingerprint density at radius 2 is 2.18 bits per heavy atom. The molecule has 2 aliphatic rings. The Morgan fingerprint density at radius 3 is 2.86 bits per heavy atom. The zero-order valence-corrected chi connectivity index (χ0v) is 12.9. The molecule has 0 bridgehead atoms. The van der Waals surface area contributed by atoms with Crippen LogP contribution >= 0.6 is 0 Å². The minimum atomic E-state index is -0.367. The maximum Gasteiger partial charge on any atom is 0.227 e. The lowest BCUT2D eigenvalue weighted by Gasteiger charge is -2.18. The number of likely N-dealkylation sites (N-methyl/N-ethyl adjacent to an activating group) is 1. The van der Waals surface area contributed by atoms with Crippen LogP contribution in [0.3, 0.4) is 0 Å². The molecule has 5 heteroatoms. The van der Waals surface area contributed by atoms with Crippen molar-refractivity contribution in [3.05, 3.63) is 35.9 Å². The zero-order valence-electron chi connectivity index (χ0n) is 12.9. The van der Waals surface area contributed by atoms with E-state index >= 15 is 0 Å². The van der Waals surface area contributed by atoms with E-state index in [2.05, 4.69) is 5.32 Å². The van der Waals surface area contributed by atoms with E-state index in [4.69, 9.17) is 4.74 Å². The number of likely N-dealkylation sites (tertiary alicyclic amines) is 1. The van der Waals surface area contributed by atoms with Crippen molar-refractivity contribution in [2.75, 3.05) is 26.7 Å². The first-order chi connectivity index (χ1) is 10.6. The van der Waals surface area contributed by atoms with Crippen LogP contribution in [0, 0.1) is 5.41 Å². The molecule has 0 aliphatic carbocycles. The van der Waals surface area contributed by atoms with Gasteiger partial charge in [-0.25, -0.2) is 0 Å². The molecule has 0 saturated carbocycles. The van der Waals surface area contributed by atoms with Crippen molar-refractivity contribution in [2.24, 2.45) is 5.41 Å². The van der Waals surface area contributed by atoms with Crippen LogP contribution in [0.15, 0.2) is 30.3 Å². The Bertz CT molecular complexity index is 560. The SMILES string of the molecule is CN1CC2(CCNC2=O)CC1C(=O)COCc1ccccc1. The average molecular weight is 302 g/mol. The molecule has 0 radical (unpaired) electrons. The van der Waals surface area contributed by atoms with Crippen molar-refractivity contribution in [2.45, 2.75) is 25.5 Å². The lowest BCUT2D eigenvalue weighted by atomic mass is 9.83. The quantitative estimate of drug-likeness (QED) is 0.881. The fourth-order valence-electron chi connectivity index (χ4n) is 3.54. The number of ether oxygens (including phenoxy) is 1. The highest BCUT2D eigenvalue weighted by Crippen LogP contribution is 2.40. The van der Waals surface area contributed by atoms with Gasteiger partial charge in [-0.2, -0.15) is 0 Å².